The first-order chi connectivity index (χ1) is 4.38. The Labute approximate surface area is 56.8 Å². The zero-order valence-electron chi connectivity index (χ0n) is 4.46. The molecule has 42 valence electrons. The van der Waals surface area contributed by atoms with Crippen LogP contribution in [0.25, 0.3) is 4.85 Å². The van der Waals surface area contributed by atoms with Crippen LogP contribution in [0.1, 0.15) is 5.56 Å². The average Bonchev–Trinajstić information content (AvgIpc) is 2.33. The Bertz CT molecular complexity index is 258. The molecule has 0 saturated carbocycles. The van der Waals surface area contributed by atoms with E-state index in [0.717, 1.165) is 0 Å². The minimum absolute atomic E-state index is 0.481. The molecule has 0 spiro atoms. The van der Waals surface area contributed by atoms with Crippen LogP contribution in [0.3, 0.4) is 0 Å². The maximum Gasteiger partial charge on any atom is 0.258 e. The van der Waals surface area contributed by atoms with Crippen LogP contribution in [0.2, 0.25) is 0 Å². The number of hydrogen-bond acceptors (Lipinski definition) is 2. The number of nitriles is 1. The van der Waals surface area contributed by atoms with E-state index in [-0.39, 0.29) is 0 Å². The van der Waals surface area contributed by atoms with E-state index in [2.05, 4.69) is 4.85 Å². The van der Waals surface area contributed by atoms with Gasteiger partial charge in [-0.2, -0.15) is 16.6 Å². The van der Waals surface area contributed by atoms with Crippen molar-refractivity contribution in [2.24, 2.45) is 0 Å². The lowest BCUT2D eigenvalue weighted by Gasteiger charge is -1.74. The smallest absolute Gasteiger partial charge is 0.225 e. The van der Waals surface area contributed by atoms with Crippen LogP contribution in [0.15, 0.2) is 11.4 Å². The van der Waals surface area contributed by atoms with E-state index in [0.29, 0.717) is 10.6 Å². The van der Waals surface area contributed by atoms with Crippen molar-refractivity contribution >= 4 is 16.3 Å². The molecule has 0 bridgehead atoms. The molecule has 0 radical (unpaired) electrons. The molecule has 2 nitrogen and oxygen atoms in total. The topological polar surface area (TPSA) is 28.1 Å². The summed E-state index contributed by atoms with van der Waals surface area (Å²) in [5.41, 5.74) is 0.481. The molecule has 0 aliphatic carbocycles. The molecule has 3 heteroatoms. The van der Waals surface area contributed by atoms with Crippen LogP contribution in [0, 0.1) is 17.9 Å². The molecular formula is C6H2N2S. The van der Waals surface area contributed by atoms with E-state index in [1.165, 1.54) is 11.3 Å². The van der Waals surface area contributed by atoms with Gasteiger partial charge < -0.3 is 0 Å². The molecule has 1 rings (SSSR count). The molecule has 0 aromatic carbocycles. The van der Waals surface area contributed by atoms with Crippen LogP contribution >= 0.6 is 11.3 Å². The van der Waals surface area contributed by atoms with Gasteiger partial charge in [0.15, 0.2) is 0 Å². The first-order valence-electron chi connectivity index (χ1n) is 2.23. The monoisotopic (exact) mass is 134 g/mol. The third-order valence-corrected chi connectivity index (χ3v) is 1.67. The van der Waals surface area contributed by atoms with Crippen LogP contribution in [-0.4, -0.2) is 0 Å². The van der Waals surface area contributed by atoms with E-state index < -0.39 is 0 Å². The SMILES string of the molecule is [C-]#[N+]c1sccc1C#N. The second-order valence-electron chi connectivity index (χ2n) is 1.36. The van der Waals surface area contributed by atoms with Crippen molar-refractivity contribution < 1.29 is 0 Å². The summed E-state index contributed by atoms with van der Waals surface area (Å²) in [7, 11) is 0. The molecule has 0 saturated heterocycles. The summed E-state index contributed by atoms with van der Waals surface area (Å²) in [6, 6.07) is 3.57. The van der Waals surface area contributed by atoms with E-state index in [1.54, 1.807) is 11.4 Å². The first kappa shape index (κ1) is 5.81. The molecule has 0 aliphatic heterocycles. The van der Waals surface area contributed by atoms with Gasteiger partial charge in [-0.1, -0.05) is 0 Å². The van der Waals surface area contributed by atoms with Crippen molar-refractivity contribution in [3.63, 3.8) is 0 Å². The maximum atomic E-state index is 8.35. The van der Waals surface area contributed by atoms with Gasteiger partial charge in [-0.05, 0) is 11.4 Å². The van der Waals surface area contributed by atoms with Crippen molar-refractivity contribution in [3.8, 4) is 6.07 Å². The number of nitrogens with zero attached hydrogens (tertiary/aromatic N) is 2. The van der Waals surface area contributed by atoms with Gasteiger partial charge in [0.05, 0.1) is 18.2 Å². The van der Waals surface area contributed by atoms with E-state index in [4.69, 9.17) is 11.8 Å². The summed E-state index contributed by atoms with van der Waals surface area (Å²) in [4.78, 5) is 3.15. The highest BCUT2D eigenvalue weighted by Gasteiger charge is 1.99. The number of rotatable bonds is 0. The Morgan fingerprint density at radius 1 is 1.78 bits per heavy atom. The fourth-order valence-corrected chi connectivity index (χ4v) is 1.10. The van der Waals surface area contributed by atoms with Crippen LogP contribution < -0.4 is 0 Å². The molecule has 0 amide bonds. The van der Waals surface area contributed by atoms with E-state index in [9.17, 15) is 0 Å². The molecule has 1 aromatic heterocycles. The lowest BCUT2D eigenvalue weighted by molar-refractivity contribution is 1.51. The van der Waals surface area contributed by atoms with Crippen LogP contribution in [0.5, 0.6) is 0 Å². The molecule has 0 fully saturated rings. The second-order valence-corrected chi connectivity index (χ2v) is 2.26. The fraction of sp³-hybridized carbons (Fsp3) is 0. The van der Waals surface area contributed by atoms with E-state index >= 15 is 0 Å². The summed E-state index contributed by atoms with van der Waals surface area (Å²) in [6.07, 6.45) is 0. The van der Waals surface area contributed by atoms with Crippen LogP contribution in [0.4, 0.5) is 5.00 Å². The Hall–Kier alpha value is -1.32. The molecule has 1 heterocycles. The lowest BCUT2D eigenvalue weighted by atomic mass is 10.4. The molecule has 9 heavy (non-hydrogen) atoms. The van der Waals surface area contributed by atoms with Crippen LogP contribution in [-0.2, 0) is 0 Å². The summed E-state index contributed by atoms with van der Waals surface area (Å²) in [6.45, 7) is 6.59. The van der Waals surface area contributed by atoms with Gasteiger partial charge in [-0.15, -0.1) is 0 Å². The molecular weight excluding hydrogens is 132 g/mol. The molecule has 0 N–H and O–H groups in total. The number of thiophene rings is 1. The maximum absolute atomic E-state index is 8.35. The third kappa shape index (κ3) is 0.910. The Morgan fingerprint density at radius 3 is 3.00 bits per heavy atom. The van der Waals surface area contributed by atoms with Gasteiger partial charge in [0.2, 0.25) is 0 Å². The lowest BCUT2D eigenvalue weighted by Crippen LogP contribution is -1.58. The Morgan fingerprint density at radius 2 is 2.56 bits per heavy atom. The molecule has 1 aromatic rings. The van der Waals surface area contributed by atoms with Gasteiger partial charge in [-0.3, -0.25) is 0 Å². The Balaban J connectivity index is 3.22. The number of hydrogen-bond donors (Lipinski definition) is 0. The molecule has 0 aliphatic rings. The highest BCUT2D eigenvalue weighted by molar-refractivity contribution is 7.14. The van der Waals surface area contributed by atoms with Crippen molar-refractivity contribution in [2.45, 2.75) is 0 Å². The van der Waals surface area contributed by atoms with Crippen molar-refractivity contribution in [2.75, 3.05) is 0 Å². The molecule has 0 atom stereocenters. The van der Waals surface area contributed by atoms with Crippen molar-refractivity contribution in [1.29, 1.82) is 5.26 Å². The third-order valence-electron chi connectivity index (χ3n) is 0.867. The standard InChI is InChI=1S/C6H2N2S/c1-8-6-5(4-7)2-3-9-6/h2-3H. The predicted molar refractivity (Wildman–Crippen MR) is 35.3 cm³/mol. The largest absolute Gasteiger partial charge is 0.258 e. The molecule has 0 unspecified atom stereocenters. The first-order valence-corrected chi connectivity index (χ1v) is 3.11. The quantitative estimate of drug-likeness (QED) is 0.500. The van der Waals surface area contributed by atoms with Gasteiger partial charge in [0, 0.05) is 0 Å². The summed E-state index contributed by atoms with van der Waals surface area (Å²) in [5.74, 6) is 0. The second kappa shape index (κ2) is 2.30. The predicted octanol–water partition coefficient (Wildman–Crippen LogP) is 2.17. The highest BCUT2D eigenvalue weighted by Crippen LogP contribution is 2.24. The zero-order valence-corrected chi connectivity index (χ0v) is 5.27. The fourth-order valence-electron chi connectivity index (χ4n) is 0.473. The Kier molecular flexibility index (Phi) is 1.48. The van der Waals surface area contributed by atoms with Gasteiger partial charge >= 0.3 is 0 Å². The average molecular weight is 134 g/mol. The highest BCUT2D eigenvalue weighted by atomic mass is 32.1. The van der Waals surface area contributed by atoms with E-state index in [1.807, 2.05) is 6.07 Å². The van der Waals surface area contributed by atoms with Crippen molar-refractivity contribution in [1.82, 2.24) is 0 Å². The summed E-state index contributed by atoms with van der Waals surface area (Å²) < 4.78 is 0. The minimum Gasteiger partial charge on any atom is -0.225 e. The normalized spacial score (nSPS) is 7.78. The van der Waals surface area contributed by atoms with Gasteiger partial charge in [0.1, 0.15) is 0 Å². The summed E-state index contributed by atoms with van der Waals surface area (Å²) in [5, 5.41) is 10.6. The minimum atomic E-state index is 0.481. The van der Waals surface area contributed by atoms with Crippen molar-refractivity contribution in [3.05, 3.63) is 28.4 Å². The summed E-state index contributed by atoms with van der Waals surface area (Å²) >= 11 is 1.30. The zero-order chi connectivity index (χ0) is 6.69. The van der Waals surface area contributed by atoms with Gasteiger partial charge in [0.25, 0.3) is 5.00 Å². The van der Waals surface area contributed by atoms with Gasteiger partial charge in [-0.25, -0.2) is 4.85 Å².